The van der Waals surface area contributed by atoms with Gasteiger partial charge in [0.1, 0.15) is 17.0 Å². The summed E-state index contributed by atoms with van der Waals surface area (Å²) >= 11 is 0. The number of aryl methyl sites for hydroxylation is 2. The van der Waals surface area contributed by atoms with E-state index in [0.717, 1.165) is 18.5 Å². The van der Waals surface area contributed by atoms with Crippen molar-refractivity contribution < 1.29 is 5.11 Å². The lowest BCUT2D eigenvalue weighted by Crippen LogP contribution is -2.24. The van der Waals surface area contributed by atoms with Crippen LogP contribution in [-0.4, -0.2) is 43.8 Å². The van der Waals surface area contributed by atoms with Crippen molar-refractivity contribution in [2.75, 3.05) is 5.32 Å². The van der Waals surface area contributed by atoms with Crippen LogP contribution >= 0.6 is 0 Å². The highest BCUT2D eigenvalue weighted by molar-refractivity contribution is 5.70. The van der Waals surface area contributed by atoms with Gasteiger partial charge >= 0.3 is 0 Å². The fourth-order valence-corrected chi connectivity index (χ4v) is 5.28. The summed E-state index contributed by atoms with van der Waals surface area (Å²) < 4.78 is 6.13. The minimum absolute atomic E-state index is 0.171. The predicted molar refractivity (Wildman–Crippen MR) is 141 cm³/mol. The number of aliphatic hydroxyl groups is 1. The van der Waals surface area contributed by atoms with Crippen LogP contribution < -0.4 is 16.4 Å². The molecule has 1 aliphatic carbocycles. The lowest BCUT2D eigenvalue weighted by atomic mass is 9.90. The largest absolute Gasteiger partial charge is 0.392 e. The number of hydrogen-bond acceptors (Lipinski definition) is 8. The van der Waals surface area contributed by atoms with Crippen LogP contribution in [0.1, 0.15) is 30.7 Å². The van der Waals surface area contributed by atoms with Crippen LogP contribution in [0, 0.1) is 5.41 Å². The zero-order valence-corrected chi connectivity index (χ0v) is 21.5. The monoisotopic (exact) mass is 513 g/mol. The van der Waals surface area contributed by atoms with Gasteiger partial charge in [-0.1, -0.05) is 19.1 Å². The van der Waals surface area contributed by atoms with Gasteiger partial charge < -0.3 is 14.8 Å². The number of aromatic nitrogens is 8. The van der Waals surface area contributed by atoms with E-state index in [9.17, 15) is 14.7 Å². The third-order valence-electron chi connectivity index (χ3n) is 6.97. The molecule has 12 nitrogen and oxygen atoms in total. The second-order valence-electron chi connectivity index (χ2n) is 10.5. The molecule has 0 amide bonds. The summed E-state index contributed by atoms with van der Waals surface area (Å²) in [6, 6.07) is 5.25. The molecule has 0 aromatic carbocycles. The van der Waals surface area contributed by atoms with Crippen molar-refractivity contribution in [1.29, 1.82) is 0 Å². The van der Waals surface area contributed by atoms with E-state index in [1.54, 1.807) is 44.8 Å². The SMILES string of the molecule is Cn1cc(Nc2cc(-c3ccnc(-n4ccn5c6c(cc5c4=O)CC(C)(C)C6)c3CO)nn(C)c2=O)nn1. The Bertz CT molecular complexity index is 1840. The van der Waals surface area contributed by atoms with Gasteiger partial charge in [0.15, 0.2) is 5.82 Å². The van der Waals surface area contributed by atoms with Crippen molar-refractivity contribution in [1.82, 2.24) is 38.7 Å². The molecule has 38 heavy (non-hydrogen) atoms. The molecule has 5 heterocycles. The molecule has 0 saturated carbocycles. The molecule has 1 aliphatic rings. The third kappa shape index (κ3) is 3.80. The van der Waals surface area contributed by atoms with E-state index < -0.39 is 0 Å². The zero-order chi connectivity index (χ0) is 26.8. The molecule has 0 radical (unpaired) electrons. The highest BCUT2D eigenvalue weighted by Gasteiger charge is 2.31. The number of nitrogens with one attached hydrogen (secondary N) is 1. The number of rotatable bonds is 5. The molecule has 5 aromatic heterocycles. The normalized spacial score (nSPS) is 14.2. The predicted octanol–water partition coefficient (Wildman–Crippen LogP) is 1.74. The molecule has 0 aliphatic heterocycles. The van der Waals surface area contributed by atoms with Gasteiger partial charge in [0, 0.05) is 49.5 Å². The number of anilines is 2. The quantitative estimate of drug-likeness (QED) is 0.363. The molecular weight excluding hydrogens is 486 g/mol. The summed E-state index contributed by atoms with van der Waals surface area (Å²) in [5.74, 6) is 0.708. The summed E-state index contributed by atoms with van der Waals surface area (Å²) in [6.07, 6.45) is 8.58. The third-order valence-corrected chi connectivity index (χ3v) is 6.97. The van der Waals surface area contributed by atoms with E-state index in [1.807, 2.05) is 16.7 Å². The van der Waals surface area contributed by atoms with Crippen LogP contribution in [0.5, 0.6) is 0 Å². The fraction of sp³-hybridized carbons (Fsp3) is 0.308. The Balaban J connectivity index is 1.47. The van der Waals surface area contributed by atoms with Gasteiger partial charge in [-0.15, -0.1) is 5.10 Å². The Kier molecular flexibility index (Phi) is 5.31. The van der Waals surface area contributed by atoms with E-state index in [2.05, 4.69) is 39.6 Å². The zero-order valence-electron chi connectivity index (χ0n) is 21.5. The standard InChI is InChI=1S/C26H27N9O3/c1-26(2)11-15-9-20-25(38)35(8-7-34(20)21(15)12-26)23-17(14-36)16(5-6-27-23)18-10-19(24(37)33(4)30-18)28-22-13-32(3)31-29-22/h5-10,13,28,36H,11-12,14H2,1-4H3. The maximum atomic E-state index is 13.6. The van der Waals surface area contributed by atoms with E-state index >= 15 is 0 Å². The first-order valence-corrected chi connectivity index (χ1v) is 12.2. The molecule has 0 bridgehead atoms. The summed E-state index contributed by atoms with van der Waals surface area (Å²) in [7, 11) is 3.27. The lowest BCUT2D eigenvalue weighted by Gasteiger charge is -2.17. The first-order chi connectivity index (χ1) is 18.1. The second kappa shape index (κ2) is 8.48. The van der Waals surface area contributed by atoms with E-state index in [0.29, 0.717) is 34.0 Å². The molecule has 12 heteroatoms. The van der Waals surface area contributed by atoms with Crippen LogP contribution in [0.3, 0.4) is 0 Å². The lowest BCUT2D eigenvalue weighted by molar-refractivity contribution is 0.281. The molecule has 0 unspecified atom stereocenters. The first kappa shape index (κ1) is 23.8. The van der Waals surface area contributed by atoms with E-state index in [-0.39, 0.29) is 28.8 Å². The number of nitrogens with zero attached hydrogens (tertiary/aromatic N) is 8. The number of fused-ring (bicyclic) bond motifs is 3. The van der Waals surface area contributed by atoms with Crippen molar-refractivity contribution in [2.24, 2.45) is 19.5 Å². The maximum Gasteiger partial charge on any atom is 0.290 e. The van der Waals surface area contributed by atoms with Crippen LogP contribution in [0.4, 0.5) is 11.5 Å². The molecule has 0 spiro atoms. The van der Waals surface area contributed by atoms with Crippen LogP contribution in [-0.2, 0) is 33.5 Å². The Morgan fingerprint density at radius 1 is 1.11 bits per heavy atom. The maximum absolute atomic E-state index is 13.6. The van der Waals surface area contributed by atoms with Gasteiger partial charge in [-0.3, -0.25) is 18.8 Å². The minimum atomic E-state index is -0.390. The first-order valence-electron chi connectivity index (χ1n) is 12.2. The van der Waals surface area contributed by atoms with Crippen LogP contribution in [0.2, 0.25) is 0 Å². The van der Waals surface area contributed by atoms with E-state index in [1.165, 1.54) is 19.5 Å². The van der Waals surface area contributed by atoms with Gasteiger partial charge in [-0.05, 0) is 42.0 Å². The Morgan fingerprint density at radius 3 is 2.66 bits per heavy atom. The number of aliphatic hydroxyl groups excluding tert-OH is 1. The number of pyridine rings is 1. The van der Waals surface area contributed by atoms with Crippen molar-refractivity contribution in [3.63, 3.8) is 0 Å². The highest BCUT2D eigenvalue weighted by Crippen LogP contribution is 2.37. The summed E-state index contributed by atoms with van der Waals surface area (Å²) in [6.45, 7) is 4.07. The molecular formula is C26H27N9O3. The van der Waals surface area contributed by atoms with Gasteiger partial charge in [0.05, 0.1) is 18.5 Å². The van der Waals surface area contributed by atoms with Crippen molar-refractivity contribution in [3.05, 3.63) is 80.5 Å². The molecule has 0 atom stereocenters. The summed E-state index contributed by atoms with van der Waals surface area (Å²) in [4.78, 5) is 30.8. The minimum Gasteiger partial charge on any atom is -0.392 e. The van der Waals surface area contributed by atoms with Crippen molar-refractivity contribution in [2.45, 2.75) is 33.3 Å². The fourth-order valence-electron chi connectivity index (χ4n) is 5.28. The molecule has 2 N–H and O–H groups in total. The van der Waals surface area contributed by atoms with Gasteiger partial charge in [-0.25, -0.2) is 9.67 Å². The molecule has 194 valence electrons. The van der Waals surface area contributed by atoms with Crippen molar-refractivity contribution >= 4 is 17.0 Å². The molecule has 0 fully saturated rings. The Hall–Kier alpha value is -4.58. The average Bonchev–Trinajstić information content (AvgIpc) is 3.53. The van der Waals surface area contributed by atoms with E-state index in [4.69, 9.17) is 0 Å². The Morgan fingerprint density at radius 2 is 1.92 bits per heavy atom. The van der Waals surface area contributed by atoms with Crippen LogP contribution in [0.25, 0.3) is 22.6 Å². The van der Waals surface area contributed by atoms with Crippen LogP contribution in [0.15, 0.2) is 52.6 Å². The second-order valence-corrected chi connectivity index (χ2v) is 10.5. The average molecular weight is 514 g/mol. The van der Waals surface area contributed by atoms with Gasteiger partial charge in [-0.2, -0.15) is 5.10 Å². The highest BCUT2D eigenvalue weighted by atomic mass is 16.3. The van der Waals surface area contributed by atoms with Crippen molar-refractivity contribution in [3.8, 4) is 17.1 Å². The van der Waals surface area contributed by atoms with Gasteiger partial charge in [0.2, 0.25) is 0 Å². The topological polar surface area (TPSA) is 137 Å². The van der Waals surface area contributed by atoms with Gasteiger partial charge in [0.25, 0.3) is 11.1 Å². The summed E-state index contributed by atoms with van der Waals surface area (Å²) in [5, 5.41) is 25.7. The smallest absolute Gasteiger partial charge is 0.290 e. The molecule has 0 saturated heterocycles. The summed E-state index contributed by atoms with van der Waals surface area (Å²) in [5.41, 5.74) is 4.13. The Labute approximate surface area is 216 Å². The molecule has 5 aromatic rings. The molecule has 6 rings (SSSR count). The number of hydrogen-bond donors (Lipinski definition) is 2.